The summed E-state index contributed by atoms with van der Waals surface area (Å²) < 4.78 is 0. The van der Waals surface area contributed by atoms with E-state index in [9.17, 15) is 0 Å². The molecule has 0 spiro atoms. The second kappa shape index (κ2) is 6.82. The number of halogens is 3. The Morgan fingerprint density at radius 2 is 1.70 bits per heavy atom. The van der Waals surface area contributed by atoms with Crippen LogP contribution in [0.3, 0.4) is 0 Å². The standard InChI is InChI=1S/C16H16Cl3N/c1-3-20-16(11-4-6-14(18)10(2)8-11)13-9-12(17)5-7-15(13)19/h4-9,16,20H,3H2,1-2H3. The number of hydrogen-bond acceptors (Lipinski definition) is 1. The van der Waals surface area contributed by atoms with Gasteiger partial charge in [0, 0.05) is 15.1 Å². The number of nitrogens with one attached hydrogen (secondary N) is 1. The molecule has 2 aromatic rings. The van der Waals surface area contributed by atoms with Crippen molar-refractivity contribution in [3.8, 4) is 0 Å². The minimum Gasteiger partial charge on any atom is -0.306 e. The van der Waals surface area contributed by atoms with Gasteiger partial charge in [0.2, 0.25) is 0 Å². The van der Waals surface area contributed by atoms with Crippen LogP contribution in [0.25, 0.3) is 0 Å². The van der Waals surface area contributed by atoms with Gasteiger partial charge < -0.3 is 5.32 Å². The second-order valence-electron chi connectivity index (χ2n) is 4.67. The Kier molecular flexibility index (Phi) is 5.34. The molecule has 0 saturated carbocycles. The summed E-state index contributed by atoms with van der Waals surface area (Å²) in [5.41, 5.74) is 3.14. The van der Waals surface area contributed by atoms with Crippen molar-refractivity contribution in [2.45, 2.75) is 19.9 Å². The average molecular weight is 329 g/mol. The molecule has 20 heavy (non-hydrogen) atoms. The summed E-state index contributed by atoms with van der Waals surface area (Å²) in [6.45, 7) is 4.89. The predicted octanol–water partition coefficient (Wildman–Crippen LogP) is 5.65. The van der Waals surface area contributed by atoms with E-state index >= 15 is 0 Å². The first-order chi connectivity index (χ1) is 9.52. The van der Waals surface area contributed by atoms with Gasteiger partial charge in [-0.1, -0.05) is 53.9 Å². The molecule has 2 rings (SSSR count). The minimum absolute atomic E-state index is 0.00201. The molecule has 4 heteroatoms. The van der Waals surface area contributed by atoms with Crippen LogP contribution in [-0.2, 0) is 0 Å². The SMILES string of the molecule is CCNC(c1ccc(Cl)c(C)c1)c1cc(Cl)ccc1Cl. The molecule has 0 aliphatic rings. The first-order valence-corrected chi connectivity index (χ1v) is 7.60. The monoisotopic (exact) mass is 327 g/mol. The zero-order valence-corrected chi connectivity index (χ0v) is 13.7. The first-order valence-electron chi connectivity index (χ1n) is 6.47. The van der Waals surface area contributed by atoms with Crippen molar-refractivity contribution >= 4 is 34.8 Å². The average Bonchev–Trinajstić information content (AvgIpc) is 2.42. The zero-order chi connectivity index (χ0) is 14.7. The molecule has 0 fully saturated rings. The van der Waals surface area contributed by atoms with Crippen molar-refractivity contribution < 1.29 is 0 Å². The van der Waals surface area contributed by atoms with Gasteiger partial charge in [-0.05, 0) is 54.4 Å². The maximum Gasteiger partial charge on any atom is 0.0592 e. The van der Waals surface area contributed by atoms with E-state index in [1.54, 1.807) is 6.07 Å². The van der Waals surface area contributed by atoms with E-state index < -0.39 is 0 Å². The second-order valence-corrected chi connectivity index (χ2v) is 5.92. The maximum absolute atomic E-state index is 6.32. The van der Waals surface area contributed by atoms with Crippen LogP contribution in [0.1, 0.15) is 29.7 Å². The lowest BCUT2D eigenvalue weighted by Gasteiger charge is -2.21. The van der Waals surface area contributed by atoms with Gasteiger partial charge in [0.1, 0.15) is 0 Å². The van der Waals surface area contributed by atoms with Crippen LogP contribution in [-0.4, -0.2) is 6.54 Å². The number of aryl methyl sites for hydroxylation is 1. The fraction of sp³-hybridized carbons (Fsp3) is 0.250. The molecule has 0 saturated heterocycles. The predicted molar refractivity (Wildman–Crippen MR) is 88.2 cm³/mol. The number of hydrogen-bond donors (Lipinski definition) is 1. The van der Waals surface area contributed by atoms with Crippen molar-refractivity contribution in [1.82, 2.24) is 5.32 Å². The molecule has 0 aromatic heterocycles. The van der Waals surface area contributed by atoms with E-state index in [2.05, 4.69) is 18.3 Å². The molecule has 0 aliphatic carbocycles. The summed E-state index contributed by atoms with van der Waals surface area (Å²) >= 11 is 18.5. The molecular formula is C16H16Cl3N. The maximum atomic E-state index is 6.32. The Morgan fingerprint density at radius 1 is 1.00 bits per heavy atom. The lowest BCUT2D eigenvalue weighted by atomic mass is 9.97. The Bertz CT molecular complexity index is 611. The normalized spacial score (nSPS) is 12.4. The molecule has 0 heterocycles. The van der Waals surface area contributed by atoms with Gasteiger partial charge in [0.25, 0.3) is 0 Å². The van der Waals surface area contributed by atoms with Crippen LogP contribution in [0.15, 0.2) is 36.4 Å². The third-order valence-electron chi connectivity index (χ3n) is 3.19. The Balaban J connectivity index is 2.49. The molecule has 2 aromatic carbocycles. The lowest BCUT2D eigenvalue weighted by molar-refractivity contribution is 0.630. The minimum atomic E-state index is 0.00201. The summed E-state index contributed by atoms with van der Waals surface area (Å²) in [5.74, 6) is 0. The highest BCUT2D eigenvalue weighted by Crippen LogP contribution is 2.32. The van der Waals surface area contributed by atoms with Crippen molar-refractivity contribution in [2.24, 2.45) is 0 Å². The van der Waals surface area contributed by atoms with Gasteiger partial charge in [-0.3, -0.25) is 0 Å². The van der Waals surface area contributed by atoms with Gasteiger partial charge >= 0.3 is 0 Å². The highest BCUT2D eigenvalue weighted by molar-refractivity contribution is 6.33. The van der Waals surface area contributed by atoms with Gasteiger partial charge in [0.05, 0.1) is 6.04 Å². The quantitative estimate of drug-likeness (QED) is 0.764. The van der Waals surface area contributed by atoms with Crippen LogP contribution in [0, 0.1) is 6.92 Å². The van der Waals surface area contributed by atoms with Crippen LogP contribution >= 0.6 is 34.8 Å². The lowest BCUT2D eigenvalue weighted by Crippen LogP contribution is -2.22. The van der Waals surface area contributed by atoms with Crippen LogP contribution in [0.5, 0.6) is 0 Å². The van der Waals surface area contributed by atoms with E-state index in [1.807, 2.05) is 31.2 Å². The smallest absolute Gasteiger partial charge is 0.0592 e. The van der Waals surface area contributed by atoms with E-state index in [-0.39, 0.29) is 6.04 Å². The van der Waals surface area contributed by atoms with Crippen molar-refractivity contribution in [3.05, 3.63) is 68.2 Å². The van der Waals surface area contributed by atoms with Crippen molar-refractivity contribution in [3.63, 3.8) is 0 Å². The Hall–Kier alpha value is -0.730. The fourth-order valence-electron chi connectivity index (χ4n) is 2.19. The summed E-state index contributed by atoms with van der Waals surface area (Å²) in [7, 11) is 0. The third kappa shape index (κ3) is 3.48. The summed E-state index contributed by atoms with van der Waals surface area (Å²) in [6.07, 6.45) is 0. The number of benzene rings is 2. The molecule has 0 aliphatic heterocycles. The number of rotatable bonds is 4. The third-order valence-corrected chi connectivity index (χ3v) is 4.20. The Labute approximate surface area is 134 Å². The highest BCUT2D eigenvalue weighted by Gasteiger charge is 2.17. The molecule has 1 unspecified atom stereocenters. The molecule has 0 radical (unpaired) electrons. The molecule has 1 N–H and O–H groups in total. The molecule has 0 bridgehead atoms. The molecular weight excluding hydrogens is 313 g/mol. The Morgan fingerprint density at radius 3 is 2.35 bits per heavy atom. The summed E-state index contributed by atoms with van der Waals surface area (Å²) in [6, 6.07) is 11.5. The van der Waals surface area contributed by atoms with Crippen LogP contribution < -0.4 is 5.32 Å². The van der Waals surface area contributed by atoms with Gasteiger partial charge in [-0.25, -0.2) is 0 Å². The fourth-order valence-corrected chi connectivity index (χ4v) is 2.72. The van der Waals surface area contributed by atoms with E-state index in [0.29, 0.717) is 10.0 Å². The molecule has 0 amide bonds. The van der Waals surface area contributed by atoms with Crippen molar-refractivity contribution in [1.29, 1.82) is 0 Å². The molecule has 1 atom stereocenters. The van der Waals surface area contributed by atoms with Crippen LogP contribution in [0.4, 0.5) is 0 Å². The van der Waals surface area contributed by atoms with Gasteiger partial charge in [-0.2, -0.15) is 0 Å². The van der Waals surface area contributed by atoms with Gasteiger partial charge in [0.15, 0.2) is 0 Å². The largest absolute Gasteiger partial charge is 0.306 e. The summed E-state index contributed by atoms with van der Waals surface area (Å²) in [4.78, 5) is 0. The van der Waals surface area contributed by atoms with E-state index in [1.165, 1.54) is 0 Å². The van der Waals surface area contributed by atoms with E-state index in [4.69, 9.17) is 34.8 Å². The first kappa shape index (κ1) is 15.7. The summed E-state index contributed by atoms with van der Waals surface area (Å²) in [5, 5.41) is 5.59. The highest BCUT2D eigenvalue weighted by atomic mass is 35.5. The zero-order valence-electron chi connectivity index (χ0n) is 11.4. The van der Waals surface area contributed by atoms with Crippen molar-refractivity contribution in [2.75, 3.05) is 6.54 Å². The topological polar surface area (TPSA) is 12.0 Å². The molecule has 106 valence electrons. The van der Waals surface area contributed by atoms with Crippen LogP contribution in [0.2, 0.25) is 15.1 Å². The van der Waals surface area contributed by atoms with Gasteiger partial charge in [-0.15, -0.1) is 0 Å². The van der Waals surface area contributed by atoms with E-state index in [0.717, 1.165) is 28.3 Å². The molecule has 1 nitrogen and oxygen atoms in total.